The molecule has 7 nitrogen and oxygen atoms in total. The summed E-state index contributed by atoms with van der Waals surface area (Å²) in [4.78, 5) is 10.7. The van der Waals surface area contributed by atoms with E-state index in [1.165, 1.54) is 7.11 Å². The van der Waals surface area contributed by atoms with Crippen molar-refractivity contribution in [1.82, 2.24) is 0 Å². The Balaban J connectivity index is 1.73. The van der Waals surface area contributed by atoms with Crippen LogP contribution in [-0.2, 0) is 18.9 Å². The van der Waals surface area contributed by atoms with Gasteiger partial charge in [-0.3, -0.25) is 4.79 Å². The van der Waals surface area contributed by atoms with E-state index in [-0.39, 0.29) is 6.61 Å². The summed E-state index contributed by atoms with van der Waals surface area (Å²) >= 11 is 0. The molecule has 0 radical (unpaired) electrons. The molecule has 3 rings (SSSR count). The maximum absolute atomic E-state index is 10.7. The first-order valence-corrected chi connectivity index (χ1v) is 7.00. The van der Waals surface area contributed by atoms with Crippen LogP contribution in [0.4, 0.5) is 0 Å². The zero-order valence-electron chi connectivity index (χ0n) is 12.0. The van der Waals surface area contributed by atoms with Gasteiger partial charge in [-0.1, -0.05) is 24.3 Å². The van der Waals surface area contributed by atoms with E-state index in [4.69, 9.17) is 18.9 Å². The zero-order chi connectivity index (χ0) is 15.7. The monoisotopic (exact) mass is 310 g/mol. The minimum atomic E-state index is -1.19. The number of rotatable bonds is 3. The fourth-order valence-corrected chi connectivity index (χ4v) is 2.67. The van der Waals surface area contributed by atoms with Crippen molar-refractivity contribution in [2.45, 2.75) is 37.0 Å². The Bertz CT molecular complexity index is 515. The Kier molecular flexibility index (Phi) is 4.53. The number of ether oxygens (including phenoxy) is 4. The van der Waals surface area contributed by atoms with Crippen LogP contribution in [0.25, 0.3) is 0 Å². The average molecular weight is 310 g/mol. The van der Waals surface area contributed by atoms with Gasteiger partial charge in [-0.2, -0.15) is 0 Å². The maximum Gasteiger partial charge on any atom is 0.186 e. The first-order chi connectivity index (χ1) is 10.6. The van der Waals surface area contributed by atoms with Gasteiger partial charge in [-0.05, 0) is 0 Å². The van der Waals surface area contributed by atoms with Crippen LogP contribution in [0.1, 0.15) is 22.2 Å². The summed E-state index contributed by atoms with van der Waals surface area (Å²) in [5.74, 6) is 0. The van der Waals surface area contributed by atoms with Crippen LogP contribution in [0.2, 0.25) is 0 Å². The summed E-state index contributed by atoms with van der Waals surface area (Å²) in [5, 5.41) is 20.1. The molecule has 7 heteroatoms. The highest BCUT2D eigenvalue weighted by Gasteiger charge is 2.48. The molecule has 2 N–H and O–H groups in total. The fourth-order valence-electron chi connectivity index (χ4n) is 2.67. The molecule has 0 spiro atoms. The number of aldehydes is 1. The highest BCUT2D eigenvalue weighted by Crippen LogP contribution is 2.34. The van der Waals surface area contributed by atoms with Gasteiger partial charge in [0.1, 0.15) is 30.7 Å². The normalized spacial score (nSPS) is 38.3. The lowest BCUT2D eigenvalue weighted by Gasteiger charge is -2.45. The van der Waals surface area contributed by atoms with Crippen molar-refractivity contribution >= 4 is 6.29 Å². The first kappa shape index (κ1) is 15.5. The third-order valence-corrected chi connectivity index (χ3v) is 3.91. The quantitative estimate of drug-likeness (QED) is 0.759. The minimum Gasteiger partial charge on any atom is -0.387 e. The van der Waals surface area contributed by atoms with Gasteiger partial charge < -0.3 is 29.2 Å². The Labute approximate surface area is 127 Å². The Morgan fingerprint density at radius 3 is 2.55 bits per heavy atom. The van der Waals surface area contributed by atoms with Crippen molar-refractivity contribution in [1.29, 1.82) is 0 Å². The molecule has 0 aromatic heterocycles. The molecule has 0 amide bonds. The van der Waals surface area contributed by atoms with E-state index in [9.17, 15) is 15.0 Å². The third kappa shape index (κ3) is 2.79. The fraction of sp³-hybridized carbons (Fsp3) is 0.533. The van der Waals surface area contributed by atoms with Crippen LogP contribution in [0.5, 0.6) is 0 Å². The number of aliphatic hydroxyl groups excluding tert-OH is 2. The van der Waals surface area contributed by atoms with Gasteiger partial charge in [-0.15, -0.1) is 0 Å². The van der Waals surface area contributed by atoms with E-state index in [2.05, 4.69) is 0 Å². The number of aliphatic hydroxyl groups is 2. The van der Waals surface area contributed by atoms with E-state index in [1.807, 2.05) is 0 Å². The number of benzene rings is 1. The van der Waals surface area contributed by atoms with Crippen LogP contribution in [0, 0.1) is 0 Å². The van der Waals surface area contributed by atoms with Gasteiger partial charge >= 0.3 is 0 Å². The Hall–Kier alpha value is -1.35. The van der Waals surface area contributed by atoms with Gasteiger partial charge in [-0.25, -0.2) is 0 Å². The van der Waals surface area contributed by atoms with Crippen molar-refractivity contribution < 1.29 is 34.0 Å². The molecular weight excluding hydrogens is 292 g/mol. The number of fused-ring (bicyclic) bond motifs is 1. The van der Waals surface area contributed by atoms with E-state index in [0.717, 1.165) is 11.8 Å². The van der Waals surface area contributed by atoms with Gasteiger partial charge in [0.2, 0.25) is 0 Å². The lowest BCUT2D eigenvalue weighted by atomic mass is 9.98. The average Bonchev–Trinajstić information content (AvgIpc) is 2.58. The van der Waals surface area contributed by atoms with Crippen LogP contribution < -0.4 is 0 Å². The van der Waals surface area contributed by atoms with Crippen molar-refractivity contribution in [3.8, 4) is 0 Å². The number of methoxy groups -OCH3 is 1. The molecule has 0 bridgehead atoms. The molecule has 2 heterocycles. The SMILES string of the molecule is CO[C@@H]1OC2COC(c3ccc(C=O)cc3)OC2[C@H](O)[C@H]1O. The molecular formula is C15H18O7. The van der Waals surface area contributed by atoms with E-state index < -0.39 is 37.0 Å². The van der Waals surface area contributed by atoms with Gasteiger partial charge in [0.05, 0.1) is 6.61 Å². The second kappa shape index (κ2) is 6.41. The second-order valence-electron chi connectivity index (χ2n) is 5.31. The van der Waals surface area contributed by atoms with Crippen molar-refractivity contribution in [2.75, 3.05) is 13.7 Å². The van der Waals surface area contributed by atoms with E-state index in [0.29, 0.717) is 5.56 Å². The predicted molar refractivity (Wildman–Crippen MR) is 73.1 cm³/mol. The van der Waals surface area contributed by atoms with Crippen molar-refractivity contribution in [2.24, 2.45) is 0 Å². The zero-order valence-corrected chi connectivity index (χ0v) is 12.0. The third-order valence-electron chi connectivity index (χ3n) is 3.91. The molecule has 2 aliphatic heterocycles. The topological polar surface area (TPSA) is 94.5 Å². The number of hydrogen-bond donors (Lipinski definition) is 2. The summed E-state index contributed by atoms with van der Waals surface area (Å²) in [7, 11) is 1.39. The maximum atomic E-state index is 10.7. The molecule has 1 aromatic rings. The summed E-state index contributed by atoms with van der Waals surface area (Å²) in [6.45, 7) is 0.203. The molecule has 6 atom stereocenters. The molecule has 22 heavy (non-hydrogen) atoms. The molecule has 2 saturated heterocycles. The largest absolute Gasteiger partial charge is 0.387 e. The molecule has 0 saturated carbocycles. The highest BCUT2D eigenvalue weighted by molar-refractivity contribution is 5.74. The van der Waals surface area contributed by atoms with Crippen LogP contribution >= 0.6 is 0 Å². The van der Waals surface area contributed by atoms with Crippen molar-refractivity contribution in [3.05, 3.63) is 35.4 Å². The summed E-state index contributed by atoms with van der Waals surface area (Å²) in [6.07, 6.45) is -4.41. The molecule has 2 aliphatic rings. The molecule has 0 aliphatic carbocycles. The Morgan fingerprint density at radius 1 is 1.18 bits per heavy atom. The lowest BCUT2D eigenvalue weighted by molar-refractivity contribution is -0.358. The molecule has 2 fully saturated rings. The highest BCUT2D eigenvalue weighted by atomic mass is 16.7. The lowest BCUT2D eigenvalue weighted by Crippen LogP contribution is -2.62. The summed E-state index contributed by atoms with van der Waals surface area (Å²) in [5.41, 5.74) is 1.27. The van der Waals surface area contributed by atoms with Crippen LogP contribution in [0.15, 0.2) is 24.3 Å². The number of carbonyl (C=O) groups excluding carboxylic acids is 1. The smallest absolute Gasteiger partial charge is 0.186 e. The first-order valence-electron chi connectivity index (χ1n) is 7.00. The van der Waals surface area contributed by atoms with Crippen molar-refractivity contribution in [3.63, 3.8) is 0 Å². The second-order valence-corrected chi connectivity index (χ2v) is 5.31. The predicted octanol–water partition coefficient (Wildman–Crippen LogP) is 0.00620. The van der Waals surface area contributed by atoms with E-state index in [1.54, 1.807) is 24.3 Å². The van der Waals surface area contributed by atoms with Crippen LogP contribution in [-0.4, -0.2) is 60.9 Å². The van der Waals surface area contributed by atoms with Gasteiger partial charge in [0.15, 0.2) is 12.6 Å². The summed E-state index contributed by atoms with van der Waals surface area (Å²) in [6, 6.07) is 6.76. The minimum absolute atomic E-state index is 0.203. The van der Waals surface area contributed by atoms with Crippen LogP contribution in [0.3, 0.4) is 0 Å². The number of hydrogen-bond acceptors (Lipinski definition) is 7. The van der Waals surface area contributed by atoms with Gasteiger partial charge in [0.25, 0.3) is 0 Å². The van der Waals surface area contributed by atoms with Gasteiger partial charge in [0, 0.05) is 18.2 Å². The number of carbonyl (C=O) groups is 1. The molecule has 3 unspecified atom stereocenters. The summed E-state index contributed by atoms with van der Waals surface area (Å²) < 4.78 is 21.8. The Morgan fingerprint density at radius 2 is 1.91 bits per heavy atom. The van der Waals surface area contributed by atoms with E-state index >= 15 is 0 Å². The molecule has 1 aromatic carbocycles. The standard InChI is InChI=1S/C15H18O7/c1-19-15-12(18)11(17)13-10(21-15)7-20-14(22-13)9-4-2-8(6-16)3-5-9/h2-6,10-15,17-18H,7H2,1H3/t10?,11-,12-,13?,14?,15-/m1/s1. The molecule has 120 valence electrons.